The number of benzene rings is 2. The van der Waals surface area contributed by atoms with Crippen LogP contribution in [0.25, 0.3) is 0 Å². The van der Waals surface area contributed by atoms with Crippen LogP contribution in [-0.2, 0) is 4.79 Å². The lowest BCUT2D eigenvalue weighted by Crippen LogP contribution is -2.39. The van der Waals surface area contributed by atoms with E-state index in [9.17, 15) is 9.18 Å². The van der Waals surface area contributed by atoms with Crippen molar-refractivity contribution in [3.05, 3.63) is 53.8 Å². The Morgan fingerprint density at radius 2 is 1.67 bits per heavy atom. The number of halogens is 1. The third-order valence-corrected chi connectivity index (χ3v) is 4.29. The Balaban J connectivity index is 2.11. The lowest BCUT2D eigenvalue weighted by molar-refractivity contribution is -0.128. The highest BCUT2D eigenvalue weighted by atomic mass is 19.1. The van der Waals surface area contributed by atoms with Gasteiger partial charge in [0.25, 0.3) is 5.91 Å². The molecule has 2 aromatic carbocycles. The average Bonchev–Trinajstić information content (AvgIpc) is 2.70. The fourth-order valence-electron chi connectivity index (χ4n) is 2.76. The van der Waals surface area contributed by atoms with E-state index in [0.29, 0.717) is 30.1 Å². The summed E-state index contributed by atoms with van der Waals surface area (Å²) < 4.78 is 29.3. The summed E-state index contributed by atoms with van der Waals surface area (Å²) in [6.07, 6.45) is 0.532. The molecule has 5 nitrogen and oxygen atoms in total. The maximum atomic E-state index is 13.0. The minimum atomic E-state index is -0.662. The number of nitrogens with one attached hydrogen (secondary N) is 1. The van der Waals surface area contributed by atoms with E-state index in [0.717, 1.165) is 5.56 Å². The van der Waals surface area contributed by atoms with Crippen molar-refractivity contribution in [2.45, 2.75) is 38.8 Å². The van der Waals surface area contributed by atoms with E-state index in [-0.39, 0.29) is 17.8 Å². The van der Waals surface area contributed by atoms with Crippen molar-refractivity contribution in [3.8, 4) is 17.2 Å². The molecule has 0 aliphatic heterocycles. The van der Waals surface area contributed by atoms with Crippen LogP contribution in [0.2, 0.25) is 0 Å². The lowest BCUT2D eigenvalue weighted by atomic mass is 10.0. The number of carbonyl (C=O) groups excluding carboxylic acids is 1. The Morgan fingerprint density at radius 3 is 2.22 bits per heavy atom. The van der Waals surface area contributed by atoms with Gasteiger partial charge in [-0.1, -0.05) is 19.9 Å². The predicted octanol–water partition coefficient (Wildman–Crippen LogP) is 4.27. The molecule has 0 saturated carbocycles. The van der Waals surface area contributed by atoms with E-state index < -0.39 is 6.10 Å². The van der Waals surface area contributed by atoms with Crippen molar-refractivity contribution < 1.29 is 23.4 Å². The highest BCUT2D eigenvalue weighted by molar-refractivity contribution is 5.81. The van der Waals surface area contributed by atoms with Gasteiger partial charge in [0.1, 0.15) is 11.6 Å². The number of amides is 1. The predicted molar refractivity (Wildman–Crippen MR) is 102 cm³/mol. The van der Waals surface area contributed by atoms with Crippen LogP contribution in [0.15, 0.2) is 42.5 Å². The zero-order valence-electron chi connectivity index (χ0n) is 16.1. The molecule has 1 amide bonds. The molecule has 146 valence electrons. The maximum absolute atomic E-state index is 13.0. The normalized spacial score (nSPS) is 12.8. The second-order valence-electron chi connectivity index (χ2n) is 6.05. The second kappa shape index (κ2) is 9.80. The first-order valence-corrected chi connectivity index (χ1v) is 8.96. The molecule has 2 aromatic rings. The molecule has 2 rings (SSSR count). The van der Waals surface area contributed by atoms with Crippen molar-refractivity contribution in [1.29, 1.82) is 0 Å². The van der Waals surface area contributed by atoms with Crippen LogP contribution in [0.5, 0.6) is 17.2 Å². The number of hydrogen-bond donors (Lipinski definition) is 1. The number of rotatable bonds is 9. The summed E-state index contributed by atoms with van der Waals surface area (Å²) in [5.74, 6) is 1.13. The molecule has 6 heteroatoms. The molecule has 0 heterocycles. The Kier molecular flexibility index (Phi) is 7.46. The molecule has 0 saturated heterocycles. The van der Waals surface area contributed by atoms with Gasteiger partial charge in [0.2, 0.25) is 0 Å². The Hall–Kier alpha value is -2.76. The van der Waals surface area contributed by atoms with Gasteiger partial charge in [-0.05, 0) is 54.8 Å². The van der Waals surface area contributed by atoms with Gasteiger partial charge in [-0.3, -0.25) is 4.79 Å². The monoisotopic (exact) mass is 375 g/mol. The Labute approximate surface area is 159 Å². The number of hydrogen-bond acceptors (Lipinski definition) is 4. The van der Waals surface area contributed by atoms with Crippen LogP contribution < -0.4 is 19.5 Å². The second-order valence-corrected chi connectivity index (χ2v) is 6.05. The Bertz CT molecular complexity index is 748. The van der Waals surface area contributed by atoms with Gasteiger partial charge in [-0.25, -0.2) is 4.39 Å². The average molecular weight is 375 g/mol. The van der Waals surface area contributed by atoms with E-state index in [2.05, 4.69) is 5.32 Å². The molecular formula is C21H26FNO4. The molecule has 0 aliphatic carbocycles. The topological polar surface area (TPSA) is 56.8 Å². The number of methoxy groups -OCH3 is 2. The van der Waals surface area contributed by atoms with E-state index in [1.54, 1.807) is 14.2 Å². The minimum Gasteiger partial charge on any atom is -0.493 e. The first kappa shape index (κ1) is 20.6. The van der Waals surface area contributed by atoms with Crippen LogP contribution >= 0.6 is 0 Å². The minimum absolute atomic E-state index is 0.192. The highest BCUT2D eigenvalue weighted by Gasteiger charge is 2.22. The molecule has 0 spiro atoms. The van der Waals surface area contributed by atoms with Gasteiger partial charge in [0.15, 0.2) is 17.6 Å². The van der Waals surface area contributed by atoms with Crippen molar-refractivity contribution in [1.82, 2.24) is 5.32 Å². The van der Waals surface area contributed by atoms with E-state index in [1.807, 2.05) is 32.0 Å². The molecular weight excluding hydrogens is 349 g/mol. The molecule has 27 heavy (non-hydrogen) atoms. The fourth-order valence-corrected chi connectivity index (χ4v) is 2.76. The summed E-state index contributed by atoms with van der Waals surface area (Å²) in [6, 6.07) is 11.0. The van der Waals surface area contributed by atoms with Crippen molar-refractivity contribution in [2.24, 2.45) is 0 Å². The molecule has 1 N–H and O–H groups in total. The van der Waals surface area contributed by atoms with Crippen LogP contribution in [0, 0.1) is 5.82 Å². The van der Waals surface area contributed by atoms with Gasteiger partial charge in [-0.2, -0.15) is 0 Å². The first-order chi connectivity index (χ1) is 13.0. The fraction of sp³-hybridized carbons (Fsp3) is 0.381. The quantitative estimate of drug-likeness (QED) is 0.711. The van der Waals surface area contributed by atoms with Gasteiger partial charge < -0.3 is 19.5 Å². The molecule has 0 unspecified atom stereocenters. The maximum Gasteiger partial charge on any atom is 0.261 e. The zero-order valence-corrected chi connectivity index (χ0v) is 16.1. The first-order valence-electron chi connectivity index (χ1n) is 8.96. The van der Waals surface area contributed by atoms with Crippen molar-refractivity contribution >= 4 is 5.91 Å². The SMILES string of the molecule is CC[C@H](Oc1ccc(F)cc1)C(=O)N[C@@H](CC)c1ccc(OC)c(OC)c1. The van der Waals surface area contributed by atoms with Crippen LogP contribution in [-0.4, -0.2) is 26.2 Å². The summed E-state index contributed by atoms with van der Waals surface area (Å²) in [4.78, 5) is 12.7. The standard InChI is InChI=1S/C21H26FNO4/c1-5-17(14-7-12-19(25-3)20(13-14)26-4)23-21(24)18(6-2)27-16-10-8-15(22)9-11-16/h7-13,17-18H,5-6H2,1-4H3,(H,23,24)/t17-,18-/m0/s1. The third kappa shape index (κ3) is 5.36. The summed E-state index contributed by atoms with van der Waals surface area (Å²) >= 11 is 0. The largest absolute Gasteiger partial charge is 0.493 e. The summed E-state index contributed by atoms with van der Waals surface area (Å²) in [6.45, 7) is 3.86. The molecule has 0 aromatic heterocycles. The number of carbonyl (C=O) groups is 1. The van der Waals surface area contributed by atoms with Crippen LogP contribution in [0.1, 0.15) is 38.3 Å². The zero-order chi connectivity index (χ0) is 19.8. The van der Waals surface area contributed by atoms with Crippen molar-refractivity contribution in [2.75, 3.05) is 14.2 Å². The third-order valence-electron chi connectivity index (χ3n) is 4.29. The van der Waals surface area contributed by atoms with Crippen LogP contribution in [0.3, 0.4) is 0 Å². The molecule has 0 radical (unpaired) electrons. The van der Waals surface area contributed by atoms with Crippen LogP contribution in [0.4, 0.5) is 4.39 Å². The molecule has 0 fully saturated rings. The van der Waals surface area contributed by atoms with Gasteiger partial charge in [-0.15, -0.1) is 0 Å². The number of ether oxygens (including phenoxy) is 3. The van der Waals surface area contributed by atoms with Gasteiger partial charge >= 0.3 is 0 Å². The smallest absolute Gasteiger partial charge is 0.261 e. The van der Waals surface area contributed by atoms with Crippen molar-refractivity contribution in [3.63, 3.8) is 0 Å². The summed E-state index contributed by atoms with van der Waals surface area (Å²) in [7, 11) is 3.15. The Morgan fingerprint density at radius 1 is 1.00 bits per heavy atom. The van der Waals surface area contributed by atoms with Gasteiger partial charge in [0.05, 0.1) is 20.3 Å². The highest BCUT2D eigenvalue weighted by Crippen LogP contribution is 2.31. The molecule has 2 atom stereocenters. The van der Waals surface area contributed by atoms with Gasteiger partial charge in [0, 0.05) is 0 Å². The van der Waals surface area contributed by atoms with E-state index in [1.165, 1.54) is 24.3 Å². The summed E-state index contributed by atoms with van der Waals surface area (Å²) in [5.41, 5.74) is 0.917. The summed E-state index contributed by atoms with van der Waals surface area (Å²) in [5, 5.41) is 3.02. The molecule has 0 aliphatic rings. The molecule has 0 bridgehead atoms. The van der Waals surface area contributed by atoms with E-state index in [4.69, 9.17) is 14.2 Å². The lowest BCUT2D eigenvalue weighted by Gasteiger charge is -2.23. The van der Waals surface area contributed by atoms with E-state index >= 15 is 0 Å².